The van der Waals surface area contributed by atoms with Gasteiger partial charge < -0.3 is 19.1 Å². The minimum atomic E-state index is -4.61. The average Bonchev–Trinajstić information content (AvgIpc) is 3.10. The van der Waals surface area contributed by atoms with E-state index in [0.29, 0.717) is 13.0 Å². The van der Waals surface area contributed by atoms with E-state index in [9.17, 15) is 21.6 Å². The second kappa shape index (κ2) is 8.97. The Labute approximate surface area is 188 Å². The maximum Gasteiger partial charge on any atom is 0.416 e. The van der Waals surface area contributed by atoms with E-state index in [0.717, 1.165) is 30.8 Å². The van der Waals surface area contributed by atoms with E-state index in [2.05, 4.69) is 0 Å². The van der Waals surface area contributed by atoms with Crippen LogP contribution in [-0.4, -0.2) is 53.8 Å². The Hall–Kier alpha value is -2.21. The highest BCUT2D eigenvalue weighted by atomic mass is 35.5. The number of alkyl halides is 3. The molecule has 3 rings (SSSR count). The van der Waals surface area contributed by atoms with Crippen molar-refractivity contribution in [2.75, 3.05) is 34.4 Å². The zero-order chi connectivity index (χ0) is 23.8. The van der Waals surface area contributed by atoms with Crippen molar-refractivity contribution in [1.82, 2.24) is 4.90 Å². The molecule has 1 fully saturated rings. The predicted molar refractivity (Wildman–Crippen MR) is 113 cm³/mol. The molecule has 32 heavy (non-hydrogen) atoms. The number of benzene rings is 2. The van der Waals surface area contributed by atoms with Crippen LogP contribution in [0.5, 0.6) is 17.2 Å². The highest BCUT2D eigenvalue weighted by molar-refractivity contribution is 7.89. The van der Waals surface area contributed by atoms with Crippen molar-refractivity contribution >= 4 is 21.6 Å². The maximum absolute atomic E-state index is 13.4. The Bertz CT molecular complexity index is 1130. The molecule has 1 heterocycles. The second-order valence-corrected chi connectivity index (χ2v) is 9.25. The molecule has 0 saturated carbocycles. The Morgan fingerprint density at radius 1 is 1.16 bits per heavy atom. The van der Waals surface area contributed by atoms with Gasteiger partial charge in [0, 0.05) is 24.7 Å². The molecule has 7 nitrogen and oxygen atoms in total. The number of nitrogens with zero attached hydrogens (tertiary/aromatic N) is 1. The van der Waals surface area contributed by atoms with Gasteiger partial charge in [-0.2, -0.15) is 13.2 Å². The van der Waals surface area contributed by atoms with Crippen molar-refractivity contribution in [2.45, 2.75) is 23.6 Å². The molecule has 0 radical (unpaired) electrons. The van der Waals surface area contributed by atoms with Crippen LogP contribution in [0.3, 0.4) is 0 Å². The zero-order valence-corrected chi connectivity index (χ0v) is 19.1. The molecule has 176 valence electrons. The van der Waals surface area contributed by atoms with Crippen LogP contribution in [0.4, 0.5) is 13.2 Å². The highest BCUT2D eigenvalue weighted by Gasteiger charge is 2.34. The molecule has 2 aromatic carbocycles. The molecule has 12 heteroatoms. The normalized spacial score (nSPS) is 17.4. The van der Waals surface area contributed by atoms with Crippen molar-refractivity contribution in [2.24, 2.45) is 5.14 Å². The highest BCUT2D eigenvalue weighted by Crippen LogP contribution is 2.49. The first-order valence-corrected chi connectivity index (χ1v) is 11.3. The summed E-state index contributed by atoms with van der Waals surface area (Å²) in [5, 5.41) is 4.97. The van der Waals surface area contributed by atoms with Gasteiger partial charge >= 0.3 is 6.18 Å². The van der Waals surface area contributed by atoms with Gasteiger partial charge in [-0.15, -0.1) is 0 Å². The van der Waals surface area contributed by atoms with E-state index < -0.39 is 26.7 Å². The summed E-state index contributed by atoms with van der Waals surface area (Å²) in [6, 6.07) is 3.97. The van der Waals surface area contributed by atoms with Crippen LogP contribution in [0.1, 0.15) is 12.0 Å². The van der Waals surface area contributed by atoms with Gasteiger partial charge in [0.05, 0.1) is 30.4 Å². The third-order valence-electron chi connectivity index (χ3n) is 5.10. The summed E-state index contributed by atoms with van der Waals surface area (Å²) >= 11 is 6.40. The molecule has 2 aromatic rings. The van der Waals surface area contributed by atoms with Crippen molar-refractivity contribution < 1.29 is 35.8 Å². The van der Waals surface area contributed by atoms with E-state index >= 15 is 0 Å². The average molecular weight is 495 g/mol. The first-order chi connectivity index (χ1) is 14.9. The molecule has 0 aliphatic carbocycles. The molecular weight excluding hydrogens is 473 g/mol. The number of hydrogen-bond donors (Lipinski definition) is 1. The topological polar surface area (TPSA) is 91.1 Å². The summed E-state index contributed by atoms with van der Waals surface area (Å²) in [7, 11) is 0.157. The molecule has 1 aliphatic rings. The van der Waals surface area contributed by atoms with Gasteiger partial charge in [-0.3, -0.25) is 0 Å². The van der Waals surface area contributed by atoms with Gasteiger partial charge in [-0.05, 0) is 31.7 Å². The molecule has 0 aromatic heterocycles. The number of likely N-dealkylation sites (N-methyl/N-ethyl adjacent to an activating group) is 1. The Kier molecular flexibility index (Phi) is 6.85. The summed E-state index contributed by atoms with van der Waals surface area (Å²) in [5.74, 6) is -0.102. The van der Waals surface area contributed by atoms with Crippen molar-refractivity contribution in [3.05, 3.63) is 34.9 Å². The molecule has 1 aliphatic heterocycles. The van der Waals surface area contributed by atoms with Gasteiger partial charge in [-0.25, -0.2) is 13.6 Å². The summed E-state index contributed by atoms with van der Waals surface area (Å²) in [6.07, 6.45) is -4.37. The van der Waals surface area contributed by atoms with Crippen LogP contribution in [0.15, 0.2) is 29.2 Å². The van der Waals surface area contributed by atoms with Crippen LogP contribution in [-0.2, 0) is 16.2 Å². The third-order valence-corrected chi connectivity index (χ3v) is 6.54. The number of methoxy groups -OCH3 is 2. The van der Waals surface area contributed by atoms with Crippen LogP contribution >= 0.6 is 11.6 Å². The lowest BCUT2D eigenvalue weighted by Crippen LogP contribution is -2.22. The lowest BCUT2D eigenvalue weighted by atomic mass is 10.00. The smallest absolute Gasteiger partial charge is 0.416 e. The summed E-state index contributed by atoms with van der Waals surface area (Å²) in [4.78, 5) is 1.52. The fourth-order valence-electron chi connectivity index (χ4n) is 3.57. The van der Waals surface area contributed by atoms with Crippen molar-refractivity contribution in [1.29, 1.82) is 0 Å². The number of halogens is 4. The number of ether oxygens (including phenoxy) is 3. The largest absolute Gasteiger partial charge is 0.493 e. The number of hydrogen-bond acceptors (Lipinski definition) is 6. The number of sulfonamides is 1. The SMILES string of the molecule is COc1cc(S(N)(=O)=O)c(Cl)c(-c2ccc(C(F)(F)F)cc2OC2CCN(C)C2)c1OC. The molecule has 0 bridgehead atoms. The second-order valence-electron chi connectivity index (χ2n) is 7.34. The van der Waals surface area contributed by atoms with Gasteiger partial charge in [-0.1, -0.05) is 11.6 Å². The molecule has 2 N–H and O–H groups in total. The van der Waals surface area contributed by atoms with Gasteiger partial charge in [0.2, 0.25) is 10.0 Å². The fourth-order valence-corrected chi connectivity index (χ4v) is 4.76. The summed E-state index contributed by atoms with van der Waals surface area (Å²) < 4.78 is 81.0. The van der Waals surface area contributed by atoms with Gasteiger partial charge in [0.15, 0.2) is 11.5 Å². The molecule has 0 amide bonds. The van der Waals surface area contributed by atoms with E-state index in [-0.39, 0.29) is 39.5 Å². The Morgan fingerprint density at radius 2 is 1.84 bits per heavy atom. The number of likely N-dealkylation sites (tertiary alicyclic amines) is 1. The quantitative estimate of drug-likeness (QED) is 0.657. The molecule has 1 atom stereocenters. The number of rotatable bonds is 6. The van der Waals surface area contributed by atoms with Gasteiger partial charge in [0.25, 0.3) is 0 Å². The summed E-state index contributed by atoms with van der Waals surface area (Å²) in [5.41, 5.74) is -0.821. The van der Waals surface area contributed by atoms with Crippen molar-refractivity contribution in [3.63, 3.8) is 0 Å². The number of primary sulfonamides is 1. The third kappa shape index (κ3) is 4.90. The molecule has 1 unspecified atom stereocenters. The summed E-state index contributed by atoms with van der Waals surface area (Å²) in [6.45, 7) is 1.23. The van der Waals surface area contributed by atoms with Gasteiger partial charge in [0.1, 0.15) is 16.7 Å². The fraction of sp³-hybridized carbons (Fsp3) is 0.400. The Balaban J connectivity index is 2.30. The lowest BCUT2D eigenvalue weighted by Gasteiger charge is -2.22. The van der Waals surface area contributed by atoms with E-state index in [4.69, 9.17) is 31.0 Å². The standard InChI is InChI=1S/C20H22ClF3N2O5S/c1-26-7-6-12(10-26)31-14-8-11(20(22,23)24)4-5-13(14)17-18(21)16(32(25,27)28)9-15(29-2)19(17)30-3/h4-5,8-9,12H,6-7,10H2,1-3H3,(H2,25,27,28). The van der Waals surface area contributed by atoms with E-state index in [1.54, 1.807) is 0 Å². The first-order valence-electron chi connectivity index (χ1n) is 9.41. The van der Waals surface area contributed by atoms with Crippen LogP contribution in [0.2, 0.25) is 5.02 Å². The van der Waals surface area contributed by atoms with Crippen LogP contribution < -0.4 is 19.3 Å². The predicted octanol–water partition coefficient (Wildman–Crippen LogP) is 3.77. The molecule has 1 saturated heterocycles. The molecule has 0 spiro atoms. The van der Waals surface area contributed by atoms with Crippen molar-refractivity contribution in [3.8, 4) is 28.4 Å². The number of nitrogens with two attached hydrogens (primary N) is 1. The zero-order valence-electron chi connectivity index (χ0n) is 17.5. The minimum Gasteiger partial charge on any atom is -0.493 e. The molecular formula is C20H22ClF3N2O5S. The van der Waals surface area contributed by atoms with Crippen LogP contribution in [0.25, 0.3) is 11.1 Å². The Morgan fingerprint density at radius 3 is 2.34 bits per heavy atom. The van der Waals surface area contributed by atoms with E-state index in [1.165, 1.54) is 14.2 Å². The van der Waals surface area contributed by atoms with E-state index in [1.807, 2.05) is 11.9 Å². The van der Waals surface area contributed by atoms with Crippen LogP contribution in [0, 0.1) is 0 Å². The lowest BCUT2D eigenvalue weighted by molar-refractivity contribution is -0.137. The monoisotopic (exact) mass is 494 g/mol. The minimum absolute atomic E-state index is 0.00684. The first kappa shape index (κ1) is 24.4. The maximum atomic E-state index is 13.4.